The average Bonchev–Trinajstić information content (AvgIpc) is 1.56. The van der Waals surface area contributed by atoms with E-state index in [0.29, 0.717) is 57.6 Å². The summed E-state index contributed by atoms with van der Waals surface area (Å²) in [5.74, 6) is 0. The number of aromatic nitrogens is 5. The van der Waals surface area contributed by atoms with Gasteiger partial charge in [0.2, 0.25) is 0 Å². The minimum absolute atomic E-state index is 0. The van der Waals surface area contributed by atoms with Gasteiger partial charge in [0.25, 0.3) is 0 Å². The van der Waals surface area contributed by atoms with Crippen molar-refractivity contribution >= 4 is 131 Å². The van der Waals surface area contributed by atoms with Gasteiger partial charge < -0.3 is 42.8 Å². The minimum atomic E-state index is -5.84. The largest absolute Gasteiger partial charge is 0.522 e. The Hall–Kier alpha value is -11.1. The van der Waals surface area contributed by atoms with E-state index in [2.05, 4.69) is 151 Å². The third-order valence-electron chi connectivity index (χ3n) is 20.1. The van der Waals surface area contributed by atoms with Crippen molar-refractivity contribution in [3.8, 4) is 45.0 Å². The number of alkyl halides is 3. The standard InChI is InChI=1S/C33H27NO2.C33H26NO2.2C16H18N.C11H16ClN.CHF3O3S.2CH4O.2Ir/c2*1-19-18-34-28(16-20(19)17-33(2,3)4)27-10-7-9-22-24-14-15-25-26(31(24)36-32(22)27)13-12-23-21-8-5-6-11-29(21)35-30(23)25;2*1-16(2,3)11-13-9-10-15(17-12-13)14-7-5-4-6-8-14;1-8-7-13-10(12)5-9(8)6-11(2,3)4;2-1(3,4)8(5,6)7;2*1-2;;/h5-16,18H,17H2,1-4H3;5-9,11-16,18H,17H2,1-4H3;2*4-7,9-10,12H,11H2,1-3H3;5,7H,6H2,1-4H3;(H,5,6,7);2*2H,1H3;;/q;3*-1;;;;;;/i2*1D3;2*11D2;1D3,6D2;;;;;. The summed E-state index contributed by atoms with van der Waals surface area (Å²) in [6, 6.07) is 80.1. The zero-order valence-electron chi connectivity index (χ0n) is 91.7. The maximum Gasteiger partial charge on any atom is 0.522 e. The predicted octanol–water partition coefficient (Wildman–Crippen LogP) is 30.5. The first-order valence-corrected chi connectivity index (χ1v) is 44.0. The molecule has 9 heterocycles. The van der Waals surface area contributed by atoms with Crippen LogP contribution in [0.4, 0.5) is 13.2 Å². The Kier molecular flexibility index (Phi) is 27.4. The zero-order valence-corrected chi connectivity index (χ0v) is 83.1. The van der Waals surface area contributed by atoms with E-state index in [1.165, 1.54) is 18.5 Å². The number of pyridine rings is 5. The van der Waals surface area contributed by atoms with Crippen molar-refractivity contribution in [2.75, 3.05) is 14.2 Å². The van der Waals surface area contributed by atoms with Crippen molar-refractivity contribution in [1.29, 1.82) is 0 Å². The van der Waals surface area contributed by atoms with E-state index >= 15 is 0 Å². The molecular formula is C112H114ClF3Ir2N5O9S-3. The second-order valence-corrected chi connectivity index (χ2v) is 38.4. The summed E-state index contributed by atoms with van der Waals surface area (Å²) in [6.07, 6.45) is 4.01. The van der Waals surface area contributed by atoms with Crippen LogP contribution in [-0.4, -0.2) is 67.8 Å². The first kappa shape index (κ1) is 83.7. The molecule has 0 fully saturated rings. The normalized spacial score (nSPS) is 14.1. The Morgan fingerprint density at radius 1 is 0.361 bits per heavy atom. The van der Waals surface area contributed by atoms with Gasteiger partial charge in [-0.2, -0.15) is 21.6 Å². The third kappa shape index (κ3) is 26.1. The SMILES string of the molecule is CO.CO.O=S(=O)(O)C(F)(F)F.[2H]C([2H])([2H])c1cnc(-c2[c-]ccc3c2oc2c3ccc3c2ccc2c4ccccc4oc23)cc1CC(C)(C)C.[2H]C([2H])([2H])c1cnc(-c2cccc3c2oc2c3ccc3c2ccc2c4ccccc4oc23)cc1CC(C)(C)C.[2H]C([2H])([2H])c1cnc(Cl)cc1C([2H])([2H])C(C)(C)C.[2H]C([2H])(c1ccc(-c2[c-]cccc2)nc1)C(C)(C)C.[2H]C([2H])(c1ccc(-c2[c-]cccc2)nc1)C(C)(C)C.[Ir].[Ir]. The van der Waals surface area contributed by atoms with Gasteiger partial charge in [0.05, 0.1) is 11.3 Å². The molecule has 21 heteroatoms. The van der Waals surface area contributed by atoms with Crippen LogP contribution in [0, 0.1) is 65.8 Å². The first-order chi connectivity index (χ1) is 67.9. The molecule has 14 nitrogen and oxygen atoms in total. The summed E-state index contributed by atoms with van der Waals surface area (Å²) in [5.41, 5.74) is 8.78. The van der Waals surface area contributed by atoms with Crippen molar-refractivity contribution in [2.24, 2.45) is 27.1 Å². The van der Waals surface area contributed by atoms with Crippen molar-refractivity contribution < 1.29 is 115 Å². The monoisotopic (exact) mass is 2200 g/mol. The molecule has 0 spiro atoms. The van der Waals surface area contributed by atoms with E-state index in [4.69, 9.17) is 73.0 Å². The number of furan rings is 4. The molecule has 133 heavy (non-hydrogen) atoms. The van der Waals surface area contributed by atoms with E-state index in [1.54, 1.807) is 33.2 Å². The first-order valence-electron chi connectivity index (χ1n) is 49.7. The van der Waals surface area contributed by atoms with Gasteiger partial charge in [-0.05, 0) is 208 Å². The summed E-state index contributed by atoms with van der Waals surface area (Å²) in [7, 11) is -3.84. The molecule has 19 aromatic rings. The second-order valence-electron chi connectivity index (χ2n) is 36.6. The van der Waals surface area contributed by atoms with E-state index < -0.39 is 71.5 Å². The number of hydrogen-bond acceptors (Lipinski definition) is 13. The van der Waals surface area contributed by atoms with Crippen LogP contribution in [0.2, 0.25) is 5.15 Å². The van der Waals surface area contributed by atoms with Gasteiger partial charge in [0.1, 0.15) is 44.2 Å². The summed E-state index contributed by atoms with van der Waals surface area (Å²) < 4.78 is 203. The zero-order chi connectivity index (χ0) is 108. The van der Waals surface area contributed by atoms with E-state index in [1.807, 2.05) is 187 Å². The molecule has 9 aromatic heterocycles. The topological polar surface area (TPSA) is 212 Å². The number of benzene rings is 10. The van der Waals surface area contributed by atoms with Gasteiger partial charge in [0.15, 0.2) is 0 Å². The molecule has 0 atom stereocenters. The third-order valence-corrected chi connectivity index (χ3v) is 20.9. The van der Waals surface area contributed by atoms with Gasteiger partial charge in [-0.25, -0.2) is 4.98 Å². The Morgan fingerprint density at radius 3 is 1.11 bits per heavy atom. The number of fused-ring (bicyclic) bond motifs is 18. The summed E-state index contributed by atoms with van der Waals surface area (Å²) in [5, 5.41) is 26.4. The van der Waals surface area contributed by atoms with Gasteiger partial charge in [-0.3, -0.25) is 9.54 Å². The number of aryl methyl sites for hydroxylation is 3. The molecule has 0 unspecified atom stereocenters. The average molecular weight is 2200 g/mol. The van der Waals surface area contributed by atoms with Gasteiger partial charge in [0, 0.05) is 171 Å². The van der Waals surface area contributed by atoms with Crippen LogP contribution in [0.25, 0.3) is 154 Å². The predicted molar refractivity (Wildman–Crippen MR) is 532 cm³/mol. The fourth-order valence-corrected chi connectivity index (χ4v) is 15.1. The van der Waals surface area contributed by atoms with Crippen LogP contribution >= 0.6 is 11.6 Å². The molecule has 0 bridgehead atoms. The van der Waals surface area contributed by atoms with Crippen molar-refractivity contribution in [3.05, 3.63) is 317 Å². The molecular weight excluding hydrogens is 2070 g/mol. The summed E-state index contributed by atoms with van der Waals surface area (Å²) in [4.78, 5) is 21.7. The van der Waals surface area contributed by atoms with Crippen molar-refractivity contribution in [3.63, 3.8) is 0 Å². The molecule has 696 valence electrons. The fourth-order valence-electron chi connectivity index (χ4n) is 14.9. The Morgan fingerprint density at radius 2 is 0.714 bits per heavy atom. The Labute approximate surface area is 830 Å². The maximum atomic E-state index is 10.7. The van der Waals surface area contributed by atoms with Gasteiger partial charge in [-0.15, -0.1) is 90.0 Å². The molecule has 3 N–H and O–H groups in total. The second kappa shape index (κ2) is 43.5. The van der Waals surface area contributed by atoms with Crippen LogP contribution in [0.15, 0.2) is 267 Å². The van der Waals surface area contributed by atoms with E-state index in [9.17, 15) is 13.2 Å². The van der Waals surface area contributed by atoms with Gasteiger partial charge >= 0.3 is 15.6 Å². The number of halogens is 4. The number of hydrogen-bond donors (Lipinski definition) is 3. The molecule has 0 amide bonds. The maximum absolute atomic E-state index is 10.7. The Balaban J connectivity index is 0.000000191. The molecule has 2 radical (unpaired) electrons. The van der Waals surface area contributed by atoms with Crippen LogP contribution in [-0.2, 0) is 82.3 Å². The minimum Gasteiger partial charge on any atom is -0.500 e. The van der Waals surface area contributed by atoms with Crippen LogP contribution < -0.4 is 0 Å². The van der Waals surface area contributed by atoms with Crippen molar-refractivity contribution in [1.82, 2.24) is 24.9 Å². The van der Waals surface area contributed by atoms with E-state index in [0.717, 1.165) is 163 Å². The summed E-state index contributed by atoms with van der Waals surface area (Å²) >= 11 is 5.76. The molecule has 10 aromatic carbocycles. The molecule has 0 aliphatic rings. The molecule has 0 saturated heterocycles. The Bertz CT molecular complexity index is 7630. The van der Waals surface area contributed by atoms with Crippen LogP contribution in [0.1, 0.15) is 169 Å². The summed E-state index contributed by atoms with van der Waals surface area (Å²) in [6.45, 7) is 22.3. The fraction of sp³-hybridized carbons (Fsp3) is 0.277. The molecule has 19 rings (SSSR count). The van der Waals surface area contributed by atoms with E-state index in [-0.39, 0.29) is 67.3 Å². The smallest absolute Gasteiger partial charge is 0.500 e. The van der Waals surface area contributed by atoms with Crippen molar-refractivity contribution in [2.45, 2.75) is 162 Å². The molecule has 0 aliphatic heterocycles. The molecule has 0 saturated carbocycles. The number of para-hydroxylation sites is 3. The number of aliphatic hydroxyl groups is 2. The van der Waals surface area contributed by atoms with Gasteiger partial charge in [-0.1, -0.05) is 217 Å². The quantitative estimate of drug-likeness (QED) is 0.0531. The number of nitrogens with zero attached hydrogens (tertiary/aromatic N) is 5. The molecule has 0 aliphatic carbocycles. The number of aliphatic hydroxyl groups excluding tert-OH is 2. The number of rotatable bonds is 9. The van der Waals surface area contributed by atoms with Crippen LogP contribution in [0.3, 0.4) is 0 Å². The van der Waals surface area contributed by atoms with Crippen LogP contribution in [0.5, 0.6) is 0 Å².